The maximum Gasteiger partial charge on any atom is 0.306 e. The monoisotopic (exact) mass is 200 g/mol. The lowest BCUT2D eigenvalue weighted by Gasteiger charge is -2.16. The second-order valence-corrected chi connectivity index (χ2v) is 4.71. The number of rotatable bonds is 4. The van der Waals surface area contributed by atoms with Crippen molar-refractivity contribution in [2.24, 2.45) is 5.41 Å². The highest BCUT2D eigenvalue weighted by molar-refractivity contribution is 5.86. The Morgan fingerprint density at radius 1 is 1.14 bits per heavy atom. The van der Waals surface area contributed by atoms with Crippen molar-refractivity contribution in [1.82, 2.24) is 0 Å². The van der Waals surface area contributed by atoms with Crippen LogP contribution in [-0.2, 0) is 14.3 Å². The molecular weight excluding hydrogens is 180 g/mol. The third kappa shape index (κ3) is 5.73. The number of ether oxygens (including phenoxy) is 1. The van der Waals surface area contributed by atoms with E-state index in [-0.39, 0.29) is 36.1 Å². The SMILES string of the molecule is CC(C)OC(=O)CCC(=O)C(C)(C)C. The molecule has 0 rings (SSSR count). The first kappa shape index (κ1) is 13.1. The summed E-state index contributed by atoms with van der Waals surface area (Å²) in [5.74, 6) is -0.198. The quantitative estimate of drug-likeness (QED) is 0.654. The third-order valence-corrected chi connectivity index (χ3v) is 1.76. The van der Waals surface area contributed by atoms with E-state index >= 15 is 0 Å². The van der Waals surface area contributed by atoms with Crippen LogP contribution in [0, 0.1) is 5.41 Å². The molecule has 3 heteroatoms. The number of ketones is 1. The maximum atomic E-state index is 11.4. The van der Waals surface area contributed by atoms with E-state index in [2.05, 4.69) is 0 Å². The van der Waals surface area contributed by atoms with Crippen molar-refractivity contribution >= 4 is 11.8 Å². The van der Waals surface area contributed by atoms with E-state index in [1.54, 1.807) is 13.8 Å². The van der Waals surface area contributed by atoms with E-state index in [9.17, 15) is 9.59 Å². The molecule has 0 fully saturated rings. The van der Waals surface area contributed by atoms with Crippen molar-refractivity contribution < 1.29 is 14.3 Å². The first-order chi connectivity index (χ1) is 6.23. The zero-order chi connectivity index (χ0) is 11.4. The van der Waals surface area contributed by atoms with Crippen LogP contribution in [0.4, 0.5) is 0 Å². The Morgan fingerprint density at radius 2 is 1.64 bits per heavy atom. The van der Waals surface area contributed by atoms with Crippen molar-refractivity contribution in [3.8, 4) is 0 Å². The molecule has 0 aliphatic rings. The third-order valence-electron chi connectivity index (χ3n) is 1.76. The van der Waals surface area contributed by atoms with Crippen LogP contribution >= 0.6 is 0 Å². The van der Waals surface area contributed by atoms with Gasteiger partial charge in [-0.3, -0.25) is 9.59 Å². The minimum Gasteiger partial charge on any atom is -0.463 e. The molecule has 0 atom stereocenters. The van der Waals surface area contributed by atoms with Crippen LogP contribution < -0.4 is 0 Å². The van der Waals surface area contributed by atoms with Crippen LogP contribution in [0.15, 0.2) is 0 Å². The molecule has 0 N–H and O–H groups in total. The van der Waals surface area contributed by atoms with E-state index in [0.717, 1.165) is 0 Å². The number of esters is 1. The van der Waals surface area contributed by atoms with Gasteiger partial charge in [-0.15, -0.1) is 0 Å². The summed E-state index contributed by atoms with van der Waals surface area (Å²) in [4.78, 5) is 22.6. The van der Waals surface area contributed by atoms with Crippen molar-refractivity contribution in [1.29, 1.82) is 0 Å². The van der Waals surface area contributed by atoms with E-state index in [1.165, 1.54) is 0 Å². The smallest absolute Gasteiger partial charge is 0.306 e. The number of hydrogen-bond acceptors (Lipinski definition) is 3. The molecule has 0 bridgehead atoms. The Balaban J connectivity index is 3.84. The molecule has 0 radical (unpaired) electrons. The minimum atomic E-state index is -0.363. The Bertz CT molecular complexity index is 211. The Morgan fingerprint density at radius 3 is 2.00 bits per heavy atom. The molecule has 0 saturated carbocycles. The molecule has 0 aliphatic heterocycles. The molecule has 0 saturated heterocycles. The van der Waals surface area contributed by atoms with Gasteiger partial charge in [0.1, 0.15) is 5.78 Å². The Labute approximate surface area is 85.8 Å². The fourth-order valence-corrected chi connectivity index (χ4v) is 0.912. The van der Waals surface area contributed by atoms with E-state index in [0.29, 0.717) is 0 Å². The van der Waals surface area contributed by atoms with Gasteiger partial charge in [-0.1, -0.05) is 20.8 Å². The first-order valence-corrected chi connectivity index (χ1v) is 4.96. The summed E-state index contributed by atoms with van der Waals surface area (Å²) in [5, 5.41) is 0. The molecule has 0 aliphatic carbocycles. The van der Waals surface area contributed by atoms with Gasteiger partial charge in [-0.25, -0.2) is 0 Å². The average molecular weight is 200 g/mol. The highest BCUT2D eigenvalue weighted by Crippen LogP contribution is 2.17. The lowest BCUT2D eigenvalue weighted by Crippen LogP contribution is -2.21. The second kappa shape index (κ2) is 5.13. The van der Waals surface area contributed by atoms with E-state index in [1.807, 2.05) is 20.8 Å². The topological polar surface area (TPSA) is 43.4 Å². The number of carbonyl (C=O) groups is 2. The van der Waals surface area contributed by atoms with Crippen molar-refractivity contribution in [2.75, 3.05) is 0 Å². The van der Waals surface area contributed by atoms with Crippen molar-refractivity contribution in [2.45, 2.75) is 53.6 Å². The zero-order valence-electron chi connectivity index (χ0n) is 9.72. The van der Waals surface area contributed by atoms with E-state index < -0.39 is 0 Å². The van der Waals surface area contributed by atoms with Gasteiger partial charge in [0.2, 0.25) is 0 Å². The largest absolute Gasteiger partial charge is 0.463 e. The van der Waals surface area contributed by atoms with Crippen molar-refractivity contribution in [3.63, 3.8) is 0 Å². The summed E-state index contributed by atoms with van der Waals surface area (Å²) in [6.45, 7) is 9.14. The zero-order valence-corrected chi connectivity index (χ0v) is 9.72. The molecule has 14 heavy (non-hydrogen) atoms. The minimum absolute atomic E-state index is 0.0956. The van der Waals surface area contributed by atoms with Gasteiger partial charge in [-0.2, -0.15) is 0 Å². The second-order valence-electron chi connectivity index (χ2n) is 4.71. The average Bonchev–Trinajstić information content (AvgIpc) is 1.96. The summed E-state index contributed by atoms with van der Waals surface area (Å²) >= 11 is 0. The van der Waals surface area contributed by atoms with Gasteiger partial charge in [0.15, 0.2) is 0 Å². The fourth-order valence-electron chi connectivity index (χ4n) is 0.912. The van der Waals surface area contributed by atoms with Gasteiger partial charge in [0.25, 0.3) is 0 Å². The van der Waals surface area contributed by atoms with Crippen LogP contribution in [0.5, 0.6) is 0 Å². The number of hydrogen-bond donors (Lipinski definition) is 0. The highest BCUT2D eigenvalue weighted by Gasteiger charge is 2.21. The molecule has 0 amide bonds. The van der Waals surface area contributed by atoms with Crippen LogP contribution in [0.2, 0.25) is 0 Å². The van der Waals surface area contributed by atoms with Gasteiger partial charge in [0.05, 0.1) is 12.5 Å². The van der Waals surface area contributed by atoms with Gasteiger partial charge >= 0.3 is 5.97 Å². The maximum absolute atomic E-state index is 11.4. The molecule has 0 aromatic heterocycles. The highest BCUT2D eigenvalue weighted by atomic mass is 16.5. The molecule has 0 unspecified atom stereocenters. The Kier molecular flexibility index (Phi) is 4.81. The van der Waals surface area contributed by atoms with E-state index in [4.69, 9.17) is 4.74 Å². The summed E-state index contributed by atoms with van der Waals surface area (Å²) < 4.78 is 4.92. The van der Waals surface area contributed by atoms with Gasteiger partial charge < -0.3 is 4.74 Å². The molecule has 82 valence electrons. The molecule has 3 nitrogen and oxygen atoms in total. The van der Waals surface area contributed by atoms with Gasteiger partial charge in [0, 0.05) is 11.8 Å². The predicted octanol–water partition coefficient (Wildman–Crippen LogP) is 2.33. The van der Waals surface area contributed by atoms with Crippen LogP contribution in [0.25, 0.3) is 0 Å². The lowest BCUT2D eigenvalue weighted by molar-refractivity contribution is -0.148. The summed E-state index contributed by atoms with van der Waals surface area (Å²) in [6, 6.07) is 0. The molecule has 0 heterocycles. The summed E-state index contributed by atoms with van der Waals surface area (Å²) in [6.07, 6.45) is 0.357. The molecule has 0 aromatic carbocycles. The van der Waals surface area contributed by atoms with Crippen LogP contribution in [0.1, 0.15) is 47.5 Å². The van der Waals surface area contributed by atoms with Gasteiger partial charge in [-0.05, 0) is 13.8 Å². The van der Waals surface area contributed by atoms with Crippen molar-refractivity contribution in [3.05, 3.63) is 0 Å². The Hall–Kier alpha value is -0.860. The van der Waals surface area contributed by atoms with Crippen LogP contribution in [-0.4, -0.2) is 17.9 Å². The standard InChI is InChI=1S/C11H20O3/c1-8(2)14-10(13)7-6-9(12)11(3,4)5/h8H,6-7H2,1-5H3. The lowest BCUT2D eigenvalue weighted by atomic mass is 9.88. The number of Topliss-reactive ketones (excluding diaryl/α,β-unsaturated/α-hetero) is 1. The predicted molar refractivity (Wildman–Crippen MR) is 54.9 cm³/mol. The molecule has 0 spiro atoms. The first-order valence-electron chi connectivity index (χ1n) is 4.96. The molecular formula is C11H20O3. The normalized spacial score (nSPS) is 11.6. The summed E-state index contributed by atoms with van der Waals surface area (Å²) in [7, 11) is 0. The summed E-state index contributed by atoms with van der Waals surface area (Å²) in [5.41, 5.74) is -0.363. The fraction of sp³-hybridized carbons (Fsp3) is 0.818. The molecule has 0 aromatic rings. The number of carbonyl (C=O) groups excluding carboxylic acids is 2. The van der Waals surface area contributed by atoms with Crippen LogP contribution in [0.3, 0.4) is 0 Å².